The van der Waals surface area contributed by atoms with E-state index in [2.05, 4.69) is 58.6 Å². The first kappa shape index (κ1) is 18.4. The quantitative estimate of drug-likeness (QED) is 0.463. The zero-order valence-electron chi connectivity index (χ0n) is 14.9. The van der Waals surface area contributed by atoms with Gasteiger partial charge in [0, 0.05) is 22.5 Å². The van der Waals surface area contributed by atoms with E-state index < -0.39 is 0 Å². The van der Waals surface area contributed by atoms with Crippen LogP contribution >= 0.6 is 27.5 Å². The normalized spacial score (nSPS) is 11.4. The molecule has 2 heterocycles. The van der Waals surface area contributed by atoms with Crippen LogP contribution in [0.5, 0.6) is 0 Å². The van der Waals surface area contributed by atoms with Crippen molar-refractivity contribution >= 4 is 38.7 Å². The summed E-state index contributed by atoms with van der Waals surface area (Å²) in [6.07, 6.45) is 4.10. The Morgan fingerprint density at radius 1 is 1.08 bits per heavy atom. The van der Waals surface area contributed by atoms with Crippen LogP contribution in [0, 0.1) is 13.8 Å². The van der Waals surface area contributed by atoms with Crippen molar-refractivity contribution in [3.8, 4) is 5.69 Å². The molecule has 0 fully saturated rings. The predicted molar refractivity (Wildman–Crippen MR) is 109 cm³/mol. The highest BCUT2D eigenvalue weighted by Gasteiger charge is 2.18. The molecule has 0 unspecified atom stereocenters. The fourth-order valence-electron chi connectivity index (χ4n) is 3.09. The third-order valence-corrected chi connectivity index (χ3v) is 5.89. The summed E-state index contributed by atoms with van der Waals surface area (Å²) in [5, 5.41) is 0. The van der Waals surface area contributed by atoms with Crippen molar-refractivity contribution < 1.29 is 0 Å². The van der Waals surface area contributed by atoms with Crippen LogP contribution in [0.1, 0.15) is 42.4 Å². The molecule has 0 N–H and O–H groups in total. The summed E-state index contributed by atoms with van der Waals surface area (Å²) in [5.41, 5.74) is 6.43. The second-order valence-corrected chi connectivity index (χ2v) is 7.55. The largest absolute Gasteiger partial charge is 0.281 e. The molecule has 0 aliphatic carbocycles. The lowest BCUT2D eigenvalue weighted by atomic mass is 10.1. The molecule has 0 amide bonds. The smallest absolute Gasteiger partial charge is 0.165 e. The van der Waals surface area contributed by atoms with Gasteiger partial charge >= 0.3 is 0 Å². The number of imidazole rings is 1. The number of pyridine rings is 1. The van der Waals surface area contributed by atoms with E-state index in [4.69, 9.17) is 21.6 Å². The van der Waals surface area contributed by atoms with Crippen LogP contribution in [0.4, 0.5) is 0 Å². The topological polar surface area (TPSA) is 30.7 Å². The average Bonchev–Trinajstić information content (AvgIpc) is 2.97. The fraction of sp³-hybridized carbons (Fsp3) is 0.400. The first-order chi connectivity index (χ1) is 12.1. The molecule has 3 rings (SSSR count). The van der Waals surface area contributed by atoms with Crippen molar-refractivity contribution in [1.82, 2.24) is 14.5 Å². The van der Waals surface area contributed by atoms with E-state index in [1.165, 1.54) is 5.56 Å². The summed E-state index contributed by atoms with van der Waals surface area (Å²) in [7, 11) is 0. The molecule has 0 atom stereocenters. The molecule has 0 spiro atoms. The molecule has 0 radical (unpaired) electrons. The molecule has 3 nitrogen and oxygen atoms in total. The molecular weight excluding hydrogens is 398 g/mol. The lowest BCUT2D eigenvalue weighted by Crippen LogP contribution is -2.03. The molecule has 0 aliphatic heterocycles. The third kappa shape index (κ3) is 3.61. The summed E-state index contributed by atoms with van der Waals surface area (Å²) in [5.74, 6) is 1.72. The highest BCUT2D eigenvalue weighted by Crippen LogP contribution is 2.29. The number of hydrogen-bond acceptors (Lipinski definition) is 2. The van der Waals surface area contributed by atoms with Crippen LogP contribution in [0.15, 0.2) is 28.7 Å². The van der Waals surface area contributed by atoms with Crippen molar-refractivity contribution in [2.45, 2.75) is 46.5 Å². The van der Waals surface area contributed by atoms with E-state index in [1.807, 2.05) is 6.92 Å². The number of fused-ring (bicyclic) bond motifs is 1. The molecule has 2 aromatic heterocycles. The Balaban J connectivity index is 2.19. The average molecular weight is 421 g/mol. The highest BCUT2D eigenvalue weighted by atomic mass is 79.9. The summed E-state index contributed by atoms with van der Waals surface area (Å²) in [6, 6.07) is 8.58. The summed E-state index contributed by atoms with van der Waals surface area (Å²) >= 11 is 9.50. The van der Waals surface area contributed by atoms with Gasteiger partial charge in [-0.2, -0.15) is 0 Å². The van der Waals surface area contributed by atoms with Crippen molar-refractivity contribution in [2.24, 2.45) is 0 Å². The number of aryl methyl sites for hydroxylation is 4. The number of nitrogens with zero attached hydrogens (tertiary/aromatic N) is 3. The standard InChI is InChI=1S/C20H23BrClN3/c1-4-5-6-17-24-19-13(2)18(21)14(3)23-20(19)25(17)16-9-7-15(8-10-16)11-12-22/h7-10H,4-6,11-12H2,1-3H3. The number of rotatable bonds is 6. The van der Waals surface area contributed by atoms with Crippen molar-refractivity contribution in [2.75, 3.05) is 5.88 Å². The van der Waals surface area contributed by atoms with Crippen LogP contribution in [0.2, 0.25) is 0 Å². The fourth-order valence-corrected chi connectivity index (χ4v) is 3.58. The van der Waals surface area contributed by atoms with Crippen LogP contribution in [0.25, 0.3) is 16.9 Å². The Hall–Kier alpha value is -1.39. The van der Waals surface area contributed by atoms with Crippen LogP contribution in [-0.2, 0) is 12.8 Å². The Labute approximate surface area is 162 Å². The van der Waals surface area contributed by atoms with Gasteiger partial charge < -0.3 is 0 Å². The van der Waals surface area contributed by atoms with Crippen molar-refractivity contribution in [1.29, 1.82) is 0 Å². The van der Waals surface area contributed by atoms with Gasteiger partial charge in [0.25, 0.3) is 0 Å². The maximum absolute atomic E-state index is 5.86. The first-order valence-electron chi connectivity index (χ1n) is 8.76. The number of hydrogen-bond donors (Lipinski definition) is 0. The Morgan fingerprint density at radius 3 is 2.44 bits per heavy atom. The molecule has 3 aromatic rings. The van der Waals surface area contributed by atoms with Gasteiger partial charge in [0.15, 0.2) is 5.65 Å². The molecule has 132 valence electrons. The minimum atomic E-state index is 0.642. The van der Waals surface area contributed by atoms with Gasteiger partial charge in [-0.1, -0.05) is 25.5 Å². The molecule has 0 saturated heterocycles. The molecule has 0 aliphatic rings. The van der Waals surface area contributed by atoms with E-state index in [9.17, 15) is 0 Å². The first-order valence-corrected chi connectivity index (χ1v) is 10.1. The highest BCUT2D eigenvalue weighted by molar-refractivity contribution is 9.10. The lowest BCUT2D eigenvalue weighted by molar-refractivity contribution is 0.742. The Bertz CT molecular complexity index is 884. The third-order valence-electron chi connectivity index (χ3n) is 4.53. The molecule has 0 bridgehead atoms. The van der Waals surface area contributed by atoms with Gasteiger partial charge in [-0.05, 0) is 65.9 Å². The van der Waals surface area contributed by atoms with Crippen LogP contribution in [0.3, 0.4) is 0 Å². The van der Waals surface area contributed by atoms with Gasteiger partial charge in [0.1, 0.15) is 11.3 Å². The Morgan fingerprint density at radius 2 is 1.80 bits per heavy atom. The molecule has 0 saturated carbocycles. The SMILES string of the molecule is CCCCc1nc2c(C)c(Br)c(C)nc2n1-c1ccc(CCCl)cc1. The minimum Gasteiger partial charge on any atom is -0.281 e. The van der Waals surface area contributed by atoms with Gasteiger partial charge in [-0.15, -0.1) is 11.6 Å². The summed E-state index contributed by atoms with van der Waals surface area (Å²) < 4.78 is 3.26. The number of alkyl halides is 1. The van der Waals surface area contributed by atoms with E-state index in [0.29, 0.717) is 5.88 Å². The van der Waals surface area contributed by atoms with Crippen molar-refractivity contribution in [3.63, 3.8) is 0 Å². The maximum atomic E-state index is 5.86. The van der Waals surface area contributed by atoms with E-state index in [-0.39, 0.29) is 0 Å². The van der Waals surface area contributed by atoms with Gasteiger partial charge in [-0.3, -0.25) is 4.57 Å². The van der Waals surface area contributed by atoms with Gasteiger partial charge in [0.2, 0.25) is 0 Å². The number of halogens is 2. The zero-order valence-corrected chi connectivity index (χ0v) is 17.3. The lowest BCUT2D eigenvalue weighted by Gasteiger charge is -2.10. The van der Waals surface area contributed by atoms with Gasteiger partial charge in [0.05, 0.1) is 5.69 Å². The summed E-state index contributed by atoms with van der Waals surface area (Å²) in [4.78, 5) is 9.77. The zero-order chi connectivity index (χ0) is 18.0. The predicted octanol–water partition coefficient (Wildman–Crippen LogP) is 5.92. The van der Waals surface area contributed by atoms with E-state index in [0.717, 1.165) is 64.1 Å². The van der Waals surface area contributed by atoms with Crippen molar-refractivity contribution in [3.05, 3.63) is 51.4 Å². The molecule has 5 heteroatoms. The van der Waals surface area contributed by atoms with Crippen LogP contribution in [-0.4, -0.2) is 20.4 Å². The number of unbranched alkanes of at least 4 members (excludes halogenated alkanes) is 1. The number of benzene rings is 1. The molecule has 25 heavy (non-hydrogen) atoms. The second-order valence-electron chi connectivity index (χ2n) is 6.38. The minimum absolute atomic E-state index is 0.642. The maximum Gasteiger partial charge on any atom is 0.165 e. The summed E-state index contributed by atoms with van der Waals surface area (Å²) in [6.45, 7) is 6.34. The van der Waals surface area contributed by atoms with Crippen LogP contribution < -0.4 is 0 Å². The Kier molecular flexibility index (Phi) is 5.80. The molecular formula is C20H23BrClN3. The number of aromatic nitrogens is 3. The second kappa shape index (κ2) is 7.88. The monoisotopic (exact) mass is 419 g/mol. The van der Waals surface area contributed by atoms with Gasteiger partial charge in [-0.25, -0.2) is 9.97 Å². The van der Waals surface area contributed by atoms with E-state index in [1.54, 1.807) is 0 Å². The molecule has 1 aromatic carbocycles. The van der Waals surface area contributed by atoms with E-state index >= 15 is 0 Å².